The summed E-state index contributed by atoms with van der Waals surface area (Å²) in [5.74, 6) is 1.31. The molecule has 102 valence electrons. The molecule has 3 atom stereocenters. The van der Waals surface area contributed by atoms with E-state index in [-0.39, 0.29) is 17.9 Å². The summed E-state index contributed by atoms with van der Waals surface area (Å²) in [6.45, 7) is 6.67. The van der Waals surface area contributed by atoms with Gasteiger partial charge in [0.05, 0.1) is 0 Å². The van der Waals surface area contributed by atoms with Crippen molar-refractivity contribution in [1.29, 1.82) is 0 Å². The predicted octanol–water partition coefficient (Wildman–Crippen LogP) is 0.881. The number of nitrogens with one attached hydrogen (secondary N) is 1. The smallest absolute Gasteiger partial charge is 0.220 e. The van der Waals surface area contributed by atoms with Gasteiger partial charge in [-0.25, -0.2) is 0 Å². The lowest BCUT2D eigenvalue weighted by Gasteiger charge is -2.18. The van der Waals surface area contributed by atoms with Gasteiger partial charge in [-0.1, -0.05) is 13.8 Å². The molecule has 0 saturated heterocycles. The highest BCUT2D eigenvalue weighted by molar-refractivity contribution is 7.84. The fourth-order valence-electron chi connectivity index (χ4n) is 1.92. The van der Waals surface area contributed by atoms with Crippen LogP contribution in [0.2, 0.25) is 0 Å². The lowest BCUT2D eigenvalue weighted by Crippen LogP contribution is -2.38. The van der Waals surface area contributed by atoms with E-state index in [2.05, 4.69) is 19.2 Å². The summed E-state index contributed by atoms with van der Waals surface area (Å²) in [7, 11) is -0.875. The van der Waals surface area contributed by atoms with Gasteiger partial charge in [-0.05, 0) is 31.7 Å². The normalized spacial score (nSPS) is 16.6. The fourth-order valence-corrected chi connectivity index (χ4v) is 2.71. The highest BCUT2D eigenvalue weighted by Gasteiger charge is 2.15. The van der Waals surface area contributed by atoms with Crippen LogP contribution in [0.15, 0.2) is 0 Å². The first-order valence-corrected chi connectivity index (χ1v) is 7.87. The van der Waals surface area contributed by atoms with Gasteiger partial charge in [0.25, 0.3) is 0 Å². The van der Waals surface area contributed by atoms with Crippen molar-refractivity contribution in [3.05, 3.63) is 0 Å². The molecule has 0 aliphatic carbocycles. The number of nitrogens with two attached hydrogens (primary N) is 1. The van der Waals surface area contributed by atoms with Gasteiger partial charge in [-0.2, -0.15) is 0 Å². The molecule has 0 bridgehead atoms. The van der Waals surface area contributed by atoms with E-state index in [1.165, 1.54) is 0 Å². The molecular formula is C12H26N2O2S. The lowest BCUT2D eigenvalue weighted by molar-refractivity contribution is -0.122. The summed E-state index contributed by atoms with van der Waals surface area (Å²) in [5.41, 5.74) is 5.65. The molecule has 17 heavy (non-hydrogen) atoms. The van der Waals surface area contributed by atoms with Gasteiger partial charge in [0.1, 0.15) is 0 Å². The highest BCUT2D eigenvalue weighted by atomic mass is 32.2. The molecule has 0 aliphatic heterocycles. The standard InChI is InChI=1S/C12H26N2O2S/c1-9(2)5-11(7-13)6-12(15)14-10(3)8-17(4)16/h9-11H,5-8,13H2,1-4H3,(H,14,15). The van der Waals surface area contributed by atoms with E-state index in [0.717, 1.165) is 6.42 Å². The zero-order chi connectivity index (χ0) is 13.4. The summed E-state index contributed by atoms with van der Waals surface area (Å²) in [5, 5.41) is 2.86. The molecule has 0 fully saturated rings. The van der Waals surface area contributed by atoms with Crippen LogP contribution in [-0.2, 0) is 15.6 Å². The van der Waals surface area contributed by atoms with Crippen LogP contribution in [0.1, 0.15) is 33.6 Å². The SMILES string of the molecule is CC(C)CC(CN)CC(=O)NC(C)CS(C)=O. The third-order valence-electron chi connectivity index (χ3n) is 2.50. The molecule has 5 heteroatoms. The Hall–Kier alpha value is -0.420. The zero-order valence-electron chi connectivity index (χ0n) is 11.4. The summed E-state index contributed by atoms with van der Waals surface area (Å²) >= 11 is 0. The van der Waals surface area contributed by atoms with Crippen LogP contribution in [0.4, 0.5) is 0 Å². The lowest BCUT2D eigenvalue weighted by atomic mass is 9.94. The van der Waals surface area contributed by atoms with Crippen LogP contribution in [0, 0.1) is 11.8 Å². The average Bonchev–Trinajstić information content (AvgIpc) is 2.13. The molecule has 0 aromatic heterocycles. The van der Waals surface area contributed by atoms with E-state index in [1.807, 2.05) is 6.92 Å². The van der Waals surface area contributed by atoms with Gasteiger partial charge >= 0.3 is 0 Å². The first-order valence-electron chi connectivity index (χ1n) is 6.14. The van der Waals surface area contributed by atoms with Crippen LogP contribution in [0.5, 0.6) is 0 Å². The van der Waals surface area contributed by atoms with E-state index in [1.54, 1.807) is 6.26 Å². The molecule has 0 saturated carbocycles. The largest absolute Gasteiger partial charge is 0.353 e. The van der Waals surface area contributed by atoms with Gasteiger partial charge < -0.3 is 11.1 Å². The fraction of sp³-hybridized carbons (Fsp3) is 0.917. The van der Waals surface area contributed by atoms with Crippen molar-refractivity contribution in [2.75, 3.05) is 18.6 Å². The Bertz CT molecular complexity index is 257. The van der Waals surface area contributed by atoms with Gasteiger partial charge in [-0.3, -0.25) is 9.00 Å². The number of hydrogen-bond donors (Lipinski definition) is 2. The molecule has 0 aliphatic rings. The summed E-state index contributed by atoms with van der Waals surface area (Å²) in [6, 6.07) is -0.0363. The molecule has 0 rings (SSSR count). The Morgan fingerprint density at radius 1 is 1.35 bits per heavy atom. The molecule has 0 radical (unpaired) electrons. The molecule has 0 spiro atoms. The Balaban J connectivity index is 4.01. The molecule has 0 aromatic carbocycles. The number of carbonyl (C=O) groups is 1. The minimum Gasteiger partial charge on any atom is -0.353 e. The van der Waals surface area contributed by atoms with Gasteiger partial charge in [0.2, 0.25) is 5.91 Å². The Morgan fingerprint density at radius 3 is 2.35 bits per heavy atom. The predicted molar refractivity (Wildman–Crippen MR) is 73.2 cm³/mol. The van der Waals surface area contributed by atoms with Crippen molar-refractivity contribution < 1.29 is 9.00 Å². The molecular weight excluding hydrogens is 236 g/mol. The number of hydrogen-bond acceptors (Lipinski definition) is 3. The minimum absolute atomic E-state index is 0.0130. The first-order chi connectivity index (χ1) is 7.85. The quantitative estimate of drug-likeness (QED) is 0.682. The number of rotatable bonds is 8. The Kier molecular flexibility index (Phi) is 8.43. The monoisotopic (exact) mass is 262 g/mol. The number of amides is 1. The second-order valence-corrected chi connectivity index (χ2v) is 6.62. The minimum atomic E-state index is -0.875. The molecule has 3 unspecified atom stereocenters. The van der Waals surface area contributed by atoms with Gasteiger partial charge in [0, 0.05) is 35.3 Å². The van der Waals surface area contributed by atoms with Crippen LogP contribution in [-0.4, -0.2) is 34.7 Å². The molecule has 1 amide bonds. The third-order valence-corrected chi connectivity index (χ3v) is 3.47. The molecule has 4 nitrogen and oxygen atoms in total. The van der Waals surface area contributed by atoms with E-state index < -0.39 is 10.8 Å². The van der Waals surface area contributed by atoms with Crippen molar-refractivity contribution >= 4 is 16.7 Å². The van der Waals surface area contributed by atoms with Crippen LogP contribution < -0.4 is 11.1 Å². The second-order valence-electron chi connectivity index (χ2n) is 5.14. The van der Waals surface area contributed by atoms with E-state index >= 15 is 0 Å². The van der Waals surface area contributed by atoms with Crippen LogP contribution >= 0.6 is 0 Å². The van der Waals surface area contributed by atoms with E-state index in [4.69, 9.17) is 5.73 Å². The van der Waals surface area contributed by atoms with Crippen molar-refractivity contribution in [3.8, 4) is 0 Å². The Morgan fingerprint density at radius 2 is 1.94 bits per heavy atom. The maximum atomic E-state index is 11.7. The van der Waals surface area contributed by atoms with E-state index in [9.17, 15) is 9.00 Å². The summed E-state index contributed by atoms with van der Waals surface area (Å²) in [6.07, 6.45) is 3.08. The van der Waals surface area contributed by atoms with Crippen molar-refractivity contribution in [1.82, 2.24) is 5.32 Å². The maximum absolute atomic E-state index is 11.7. The summed E-state index contributed by atoms with van der Waals surface area (Å²) < 4.78 is 11.0. The second kappa shape index (κ2) is 8.64. The average molecular weight is 262 g/mol. The van der Waals surface area contributed by atoms with Crippen molar-refractivity contribution in [2.24, 2.45) is 17.6 Å². The highest BCUT2D eigenvalue weighted by Crippen LogP contribution is 2.14. The van der Waals surface area contributed by atoms with E-state index in [0.29, 0.717) is 24.6 Å². The molecule has 0 heterocycles. The first kappa shape index (κ1) is 16.6. The molecule has 3 N–H and O–H groups in total. The number of carbonyl (C=O) groups excluding carboxylic acids is 1. The Labute approximate surface area is 107 Å². The molecule has 0 aromatic rings. The van der Waals surface area contributed by atoms with Gasteiger partial charge in [-0.15, -0.1) is 0 Å². The third kappa shape index (κ3) is 9.30. The van der Waals surface area contributed by atoms with Crippen molar-refractivity contribution in [3.63, 3.8) is 0 Å². The van der Waals surface area contributed by atoms with Crippen LogP contribution in [0.25, 0.3) is 0 Å². The van der Waals surface area contributed by atoms with Crippen molar-refractivity contribution in [2.45, 2.75) is 39.7 Å². The van der Waals surface area contributed by atoms with Gasteiger partial charge in [0.15, 0.2) is 0 Å². The van der Waals surface area contributed by atoms with Crippen LogP contribution in [0.3, 0.4) is 0 Å². The topological polar surface area (TPSA) is 72.2 Å². The zero-order valence-corrected chi connectivity index (χ0v) is 12.2. The maximum Gasteiger partial charge on any atom is 0.220 e. The summed E-state index contributed by atoms with van der Waals surface area (Å²) in [4.78, 5) is 11.7.